The Labute approximate surface area is 149 Å². The van der Waals surface area contributed by atoms with E-state index in [1.807, 2.05) is 30.5 Å². The molecule has 0 aliphatic carbocycles. The van der Waals surface area contributed by atoms with Crippen LogP contribution >= 0.6 is 0 Å². The number of fused-ring (bicyclic) bond motifs is 1. The van der Waals surface area contributed by atoms with Gasteiger partial charge < -0.3 is 9.15 Å². The first kappa shape index (κ1) is 16.0. The third-order valence-electron chi connectivity index (χ3n) is 4.18. The van der Waals surface area contributed by atoms with E-state index in [1.54, 1.807) is 36.5 Å². The predicted molar refractivity (Wildman–Crippen MR) is 99.8 cm³/mol. The second-order valence-electron chi connectivity index (χ2n) is 5.88. The maximum atomic E-state index is 12.5. The van der Waals surface area contributed by atoms with Crippen molar-refractivity contribution in [3.05, 3.63) is 82.3 Å². The Morgan fingerprint density at radius 2 is 1.92 bits per heavy atom. The maximum absolute atomic E-state index is 12.5. The molecule has 0 bridgehead atoms. The highest BCUT2D eigenvalue weighted by molar-refractivity contribution is 5.99. The van der Waals surface area contributed by atoms with E-state index in [9.17, 15) is 9.59 Å². The van der Waals surface area contributed by atoms with E-state index in [2.05, 4.69) is 4.99 Å². The minimum Gasteiger partial charge on any atom is -0.485 e. The summed E-state index contributed by atoms with van der Waals surface area (Å²) in [6.45, 7) is -0.242. The average molecular weight is 345 g/mol. The van der Waals surface area contributed by atoms with Crippen LogP contribution in [0.4, 0.5) is 0 Å². The SMILES string of the molecule is O=C(COc1ccccc1C1=CN=CC1)c1cc2ccccc2oc1=O. The van der Waals surface area contributed by atoms with E-state index < -0.39 is 11.4 Å². The van der Waals surface area contributed by atoms with Crippen LogP contribution in [0.1, 0.15) is 22.3 Å². The summed E-state index contributed by atoms with van der Waals surface area (Å²) in [5, 5.41) is 0.698. The molecule has 1 aliphatic rings. The monoisotopic (exact) mass is 345 g/mol. The van der Waals surface area contributed by atoms with Crippen molar-refractivity contribution in [2.75, 3.05) is 6.61 Å². The lowest BCUT2D eigenvalue weighted by Gasteiger charge is -2.11. The molecule has 0 saturated heterocycles. The Morgan fingerprint density at radius 1 is 1.12 bits per heavy atom. The summed E-state index contributed by atoms with van der Waals surface area (Å²) in [6.07, 6.45) is 4.32. The highest BCUT2D eigenvalue weighted by Gasteiger charge is 2.16. The summed E-state index contributed by atoms with van der Waals surface area (Å²) in [4.78, 5) is 28.7. The van der Waals surface area contributed by atoms with Gasteiger partial charge in [0.15, 0.2) is 6.61 Å². The minimum atomic E-state index is -0.655. The van der Waals surface area contributed by atoms with Crippen molar-refractivity contribution in [3.63, 3.8) is 0 Å². The summed E-state index contributed by atoms with van der Waals surface area (Å²) >= 11 is 0. The Kier molecular flexibility index (Phi) is 4.19. The number of ketones is 1. The lowest BCUT2D eigenvalue weighted by Crippen LogP contribution is -2.20. The maximum Gasteiger partial charge on any atom is 0.347 e. The Bertz CT molecular complexity index is 1110. The molecule has 1 aliphatic heterocycles. The summed E-state index contributed by atoms with van der Waals surface area (Å²) in [6, 6.07) is 16.1. The van der Waals surface area contributed by atoms with Gasteiger partial charge in [0.2, 0.25) is 5.78 Å². The summed E-state index contributed by atoms with van der Waals surface area (Å²) in [7, 11) is 0. The molecule has 0 amide bonds. The molecular weight excluding hydrogens is 330 g/mol. The molecule has 5 nitrogen and oxygen atoms in total. The topological polar surface area (TPSA) is 68.9 Å². The average Bonchev–Trinajstić information content (AvgIpc) is 3.20. The van der Waals surface area contributed by atoms with Crippen LogP contribution in [0.25, 0.3) is 16.5 Å². The summed E-state index contributed by atoms with van der Waals surface area (Å²) < 4.78 is 10.9. The fraction of sp³-hybridized carbons (Fsp3) is 0.0952. The molecule has 2 aromatic carbocycles. The number of nitrogens with zero attached hydrogens (tertiary/aromatic N) is 1. The molecule has 2 heterocycles. The lowest BCUT2D eigenvalue weighted by molar-refractivity contribution is 0.0918. The van der Waals surface area contributed by atoms with Crippen LogP contribution in [0.15, 0.2) is 75.0 Å². The molecule has 0 unspecified atom stereocenters. The van der Waals surface area contributed by atoms with Gasteiger partial charge in [0.05, 0.1) is 0 Å². The van der Waals surface area contributed by atoms with Crippen LogP contribution in [-0.4, -0.2) is 18.6 Å². The molecule has 0 spiro atoms. The van der Waals surface area contributed by atoms with Gasteiger partial charge in [-0.25, -0.2) is 4.79 Å². The third kappa shape index (κ3) is 3.07. The lowest BCUT2D eigenvalue weighted by atomic mass is 10.0. The quantitative estimate of drug-likeness (QED) is 0.520. The Morgan fingerprint density at radius 3 is 2.77 bits per heavy atom. The largest absolute Gasteiger partial charge is 0.485 e. The van der Waals surface area contributed by atoms with E-state index in [4.69, 9.17) is 9.15 Å². The first-order chi connectivity index (χ1) is 12.7. The molecule has 1 aromatic heterocycles. The Hall–Kier alpha value is -3.47. The number of benzene rings is 2. The standard InChI is InChI=1S/C21H15NO4/c23-18(17-11-14-5-1-3-7-19(14)26-21(17)24)13-25-20-8-4-2-6-16(20)15-9-10-22-12-15/h1-8,10-12H,9,13H2. The normalized spacial score (nSPS) is 13.0. The van der Waals surface area contributed by atoms with Crippen molar-refractivity contribution in [2.45, 2.75) is 6.42 Å². The smallest absolute Gasteiger partial charge is 0.347 e. The van der Waals surface area contributed by atoms with Crippen molar-refractivity contribution in [3.8, 4) is 5.75 Å². The van der Waals surface area contributed by atoms with Crippen LogP contribution in [0, 0.1) is 0 Å². The van der Waals surface area contributed by atoms with Gasteiger partial charge in [-0.2, -0.15) is 0 Å². The van der Waals surface area contributed by atoms with Crippen LogP contribution < -0.4 is 10.4 Å². The van der Waals surface area contributed by atoms with Crippen LogP contribution in [0.3, 0.4) is 0 Å². The number of rotatable bonds is 5. The van der Waals surface area contributed by atoms with Gasteiger partial charge >= 0.3 is 5.63 Å². The van der Waals surface area contributed by atoms with Crippen molar-refractivity contribution < 1.29 is 13.9 Å². The first-order valence-electron chi connectivity index (χ1n) is 8.21. The number of ether oxygens (including phenoxy) is 1. The molecule has 0 radical (unpaired) electrons. The molecule has 0 fully saturated rings. The fourth-order valence-electron chi connectivity index (χ4n) is 2.86. The van der Waals surface area contributed by atoms with E-state index in [-0.39, 0.29) is 12.2 Å². The minimum absolute atomic E-state index is 0.00963. The highest BCUT2D eigenvalue weighted by atomic mass is 16.5. The highest BCUT2D eigenvalue weighted by Crippen LogP contribution is 2.29. The van der Waals surface area contributed by atoms with E-state index in [0.717, 1.165) is 17.6 Å². The summed E-state index contributed by atoms with van der Waals surface area (Å²) in [5.41, 5.74) is 1.71. The van der Waals surface area contributed by atoms with Gasteiger partial charge in [-0.05, 0) is 23.8 Å². The second kappa shape index (κ2) is 6.80. The van der Waals surface area contributed by atoms with Crippen molar-refractivity contribution >= 4 is 28.5 Å². The molecule has 0 atom stereocenters. The van der Waals surface area contributed by atoms with Crippen LogP contribution in [0.2, 0.25) is 0 Å². The fourth-order valence-corrected chi connectivity index (χ4v) is 2.86. The third-order valence-corrected chi connectivity index (χ3v) is 4.18. The van der Waals surface area contributed by atoms with Gasteiger partial charge in [0.1, 0.15) is 16.9 Å². The second-order valence-corrected chi connectivity index (χ2v) is 5.88. The van der Waals surface area contributed by atoms with Crippen LogP contribution in [0.5, 0.6) is 5.75 Å². The van der Waals surface area contributed by atoms with Crippen LogP contribution in [-0.2, 0) is 0 Å². The number of carbonyl (C=O) groups is 1. The Balaban J connectivity index is 1.57. The molecule has 128 valence electrons. The van der Waals surface area contributed by atoms with E-state index >= 15 is 0 Å². The zero-order valence-electron chi connectivity index (χ0n) is 13.8. The number of Topliss-reactive ketones (excluding diaryl/α,β-unsaturated/α-hetero) is 1. The van der Waals surface area contributed by atoms with Crippen molar-refractivity contribution in [1.82, 2.24) is 0 Å². The van der Waals surface area contributed by atoms with Gasteiger partial charge in [-0.3, -0.25) is 9.79 Å². The number of allylic oxidation sites excluding steroid dienone is 1. The number of aliphatic imine (C=N–C) groups is 1. The van der Waals surface area contributed by atoms with Crippen molar-refractivity contribution in [1.29, 1.82) is 0 Å². The van der Waals surface area contributed by atoms with Gasteiger partial charge in [-0.1, -0.05) is 36.4 Å². The van der Waals surface area contributed by atoms with Gasteiger partial charge in [0.25, 0.3) is 0 Å². The number of hydrogen-bond donors (Lipinski definition) is 0. The zero-order chi connectivity index (χ0) is 17.9. The molecule has 4 rings (SSSR count). The van der Waals surface area contributed by atoms with Gasteiger partial charge in [0, 0.05) is 29.8 Å². The molecule has 5 heteroatoms. The van der Waals surface area contributed by atoms with E-state index in [0.29, 0.717) is 16.7 Å². The number of para-hydroxylation sites is 2. The first-order valence-corrected chi connectivity index (χ1v) is 8.21. The van der Waals surface area contributed by atoms with E-state index in [1.165, 1.54) is 0 Å². The summed E-state index contributed by atoms with van der Waals surface area (Å²) in [5.74, 6) is 0.165. The molecule has 0 saturated carbocycles. The molecular formula is C21H15NO4. The van der Waals surface area contributed by atoms with Crippen molar-refractivity contribution in [2.24, 2.45) is 4.99 Å². The van der Waals surface area contributed by atoms with Gasteiger partial charge in [-0.15, -0.1) is 0 Å². The molecule has 26 heavy (non-hydrogen) atoms. The zero-order valence-corrected chi connectivity index (χ0v) is 13.8. The number of hydrogen-bond acceptors (Lipinski definition) is 5. The number of carbonyl (C=O) groups excluding carboxylic acids is 1. The molecule has 0 N–H and O–H groups in total. The predicted octanol–water partition coefficient (Wildman–Crippen LogP) is 3.87. The molecule has 3 aromatic rings.